The topological polar surface area (TPSA) is 99.6 Å². The number of alkyl halides is 1. The molecular weight excluding hydrogens is 650 g/mol. The van der Waals surface area contributed by atoms with Crippen LogP contribution in [0.4, 0.5) is 11.4 Å². The molecule has 3 saturated heterocycles. The SMILES string of the molecule is C=CCN(C(=O)[C@H]1[C@H]2C(=O)N(CCCO)C(C(=O)N(CC=C)c3ccccc3Cl)C23CC(Br)[C@@H]1O3)c1ccc(OCC)cc1. The van der Waals surface area contributed by atoms with Crippen molar-refractivity contribution in [3.05, 3.63) is 78.9 Å². The van der Waals surface area contributed by atoms with Crippen LogP contribution in [-0.4, -0.2) is 83.2 Å². The summed E-state index contributed by atoms with van der Waals surface area (Å²) in [5.41, 5.74) is -0.147. The normalized spacial score (nSPS) is 26.8. The number of hydrogen-bond donors (Lipinski definition) is 1. The molecule has 0 radical (unpaired) electrons. The van der Waals surface area contributed by atoms with Gasteiger partial charge in [0.25, 0.3) is 5.91 Å². The number of amides is 3. The highest BCUT2D eigenvalue weighted by molar-refractivity contribution is 9.09. The molecule has 3 aliphatic rings. The molecule has 3 heterocycles. The predicted octanol–water partition coefficient (Wildman–Crippen LogP) is 4.61. The number of nitrogens with zero attached hydrogens (tertiary/aromatic N) is 3. The number of aliphatic hydroxyl groups excluding tert-OH is 1. The van der Waals surface area contributed by atoms with E-state index in [1.54, 1.807) is 65.6 Å². The molecule has 5 rings (SSSR count). The van der Waals surface area contributed by atoms with Gasteiger partial charge in [0, 0.05) is 36.8 Å². The van der Waals surface area contributed by atoms with Crippen molar-refractivity contribution in [2.24, 2.45) is 11.8 Å². The number of ether oxygens (including phenoxy) is 2. The first kappa shape index (κ1) is 32.2. The fraction of sp³-hybridized carbons (Fsp3) is 0.424. The maximum absolute atomic E-state index is 14.6. The molecule has 11 heteroatoms. The summed E-state index contributed by atoms with van der Waals surface area (Å²) in [5.74, 6) is -2.06. The standard InChI is InChI=1S/C33H37BrClN3O6/c1-4-16-36(21-12-14-22(15-13-21)43-6-3)30(40)26-27-31(41)38(18-9-19-39)29(33(27)20-23(34)28(26)44-33)32(42)37(17-5-2)25-11-8-7-10-24(25)35/h4-5,7-8,10-15,23,26-29,39H,1-2,6,9,16-20H2,3H3/t23?,26-,27-,28-,29?,33?/m0/s1. The second-order valence-electron chi connectivity index (χ2n) is 11.1. The van der Waals surface area contributed by atoms with E-state index in [9.17, 15) is 19.5 Å². The molecule has 2 bridgehead atoms. The Hall–Kier alpha value is -3.18. The fourth-order valence-electron chi connectivity index (χ4n) is 6.95. The number of para-hydroxylation sites is 1. The Morgan fingerprint density at radius 2 is 1.82 bits per heavy atom. The maximum atomic E-state index is 14.6. The first-order chi connectivity index (χ1) is 21.2. The van der Waals surface area contributed by atoms with Gasteiger partial charge in [0.05, 0.1) is 35.3 Å². The Balaban J connectivity index is 1.56. The number of halogens is 2. The van der Waals surface area contributed by atoms with E-state index in [1.165, 1.54) is 9.80 Å². The molecule has 2 aromatic rings. The molecule has 0 aromatic heterocycles. The Bertz CT molecular complexity index is 1420. The maximum Gasteiger partial charge on any atom is 0.253 e. The van der Waals surface area contributed by atoms with Crippen LogP contribution in [0.5, 0.6) is 5.75 Å². The fourth-order valence-corrected chi connectivity index (χ4v) is 8.13. The number of carbonyl (C=O) groups is 3. The number of aliphatic hydroxyl groups is 1. The summed E-state index contributed by atoms with van der Waals surface area (Å²) in [6.07, 6.45) is 3.23. The van der Waals surface area contributed by atoms with E-state index in [-0.39, 0.29) is 55.2 Å². The third-order valence-electron chi connectivity index (χ3n) is 8.62. The van der Waals surface area contributed by atoms with Crippen molar-refractivity contribution in [1.82, 2.24) is 4.90 Å². The Morgan fingerprint density at radius 1 is 1.14 bits per heavy atom. The van der Waals surface area contributed by atoms with Gasteiger partial charge in [-0.05, 0) is 56.2 Å². The van der Waals surface area contributed by atoms with Crippen molar-refractivity contribution in [3.63, 3.8) is 0 Å². The van der Waals surface area contributed by atoms with Crippen molar-refractivity contribution >= 4 is 56.6 Å². The van der Waals surface area contributed by atoms with Crippen LogP contribution in [0.15, 0.2) is 73.8 Å². The molecule has 1 N–H and O–H groups in total. The highest BCUT2D eigenvalue weighted by atomic mass is 79.9. The van der Waals surface area contributed by atoms with E-state index >= 15 is 0 Å². The number of carbonyl (C=O) groups excluding carboxylic acids is 3. The largest absolute Gasteiger partial charge is 0.494 e. The molecule has 3 amide bonds. The minimum absolute atomic E-state index is 0.131. The van der Waals surface area contributed by atoms with Crippen LogP contribution in [0.3, 0.4) is 0 Å². The first-order valence-corrected chi connectivity index (χ1v) is 16.1. The number of fused-ring (bicyclic) bond motifs is 1. The zero-order valence-corrected chi connectivity index (χ0v) is 27.0. The number of benzene rings is 2. The van der Waals surface area contributed by atoms with Gasteiger partial charge in [0.1, 0.15) is 17.4 Å². The zero-order valence-electron chi connectivity index (χ0n) is 24.6. The summed E-state index contributed by atoms with van der Waals surface area (Å²) in [5, 5.41) is 10.1. The molecule has 3 fully saturated rings. The van der Waals surface area contributed by atoms with Crippen LogP contribution in [0.2, 0.25) is 5.02 Å². The summed E-state index contributed by atoms with van der Waals surface area (Å²) in [6, 6.07) is 13.1. The monoisotopic (exact) mass is 685 g/mol. The van der Waals surface area contributed by atoms with Crippen molar-refractivity contribution < 1.29 is 29.0 Å². The Morgan fingerprint density at radius 3 is 2.45 bits per heavy atom. The molecule has 0 saturated carbocycles. The number of hydrogen-bond acceptors (Lipinski definition) is 6. The van der Waals surface area contributed by atoms with E-state index < -0.39 is 29.6 Å². The quantitative estimate of drug-likeness (QED) is 0.244. The second-order valence-corrected chi connectivity index (χ2v) is 12.7. The summed E-state index contributed by atoms with van der Waals surface area (Å²) in [7, 11) is 0. The summed E-state index contributed by atoms with van der Waals surface area (Å²) in [6.45, 7) is 10.4. The third-order valence-corrected chi connectivity index (χ3v) is 9.79. The van der Waals surface area contributed by atoms with Crippen molar-refractivity contribution in [2.75, 3.05) is 42.6 Å². The van der Waals surface area contributed by atoms with Crippen molar-refractivity contribution in [1.29, 1.82) is 0 Å². The van der Waals surface area contributed by atoms with Crippen LogP contribution >= 0.6 is 27.5 Å². The average Bonchev–Trinajstić information content (AvgIpc) is 3.61. The third kappa shape index (κ3) is 5.46. The summed E-state index contributed by atoms with van der Waals surface area (Å²) in [4.78, 5) is 47.8. The second kappa shape index (κ2) is 13.4. The lowest BCUT2D eigenvalue weighted by atomic mass is 9.70. The van der Waals surface area contributed by atoms with Crippen LogP contribution in [0, 0.1) is 11.8 Å². The summed E-state index contributed by atoms with van der Waals surface area (Å²) < 4.78 is 12.3. The van der Waals surface area contributed by atoms with Gasteiger partial charge in [-0.3, -0.25) is 14.4 Å². The predicted molar refractivity (Wildman–Crippen MR) is 173 cm³/mol. The van der Waals surface area contributed by atoms with E-state index in [1.807, 2.05) is 6.92 Å². The Kier molecular flexibility index (Phi) is 9.84. The van der Waals surface area contributed by atoms with Gasteiger partial charge < -0.3 is 29.3 Å². The van der Waals surface area contributed by atoms with Gasteiger partial charge in [-0.25, -0.2) is 0 Å². The molecule has 2 aromatic carbocycles. The minimum atomic E-state index is -1.26. The van der Waals surface area contributed by atoms with E-state index in [0.29, 0.717) is 35.2 Å². The lowest BCUT2D eigenvalue weighted by Gasteiger charge is -2.37. The van der Waals surface area contributed by atoms with Crippen LogP contribution in [0.25, 0.3) is 0 Å². The smallest absolute Gasteiger partial charge is 0.253 e. The van der Waals surface area contributed by atoms with Gasteiger partial charge in [-0.15, -0.1) is 13.2 Å². The average molecular weight is 687 g/mol. The van der Waals surface area contributed by atoms with Gasteiger partial charge in [0.15, 0.2) is 0 Å². The molecule has 1 spiro atoms. The molecule has 0 aliphatic carbocycles. The van der Waals surface area contributed by atoms with Crippen molar-refractivity contribution in [2.45, 2.75) is 42.3 Å². The van der Waals surface area contributed by atoms with Gasteiger partial charge in [-0.1, -0.05) is 51.8 Å². The number of likely N-dealkylation sites (tertiary alicyclic amines) is 1. The van der Waals surface area contributed by atoms with Gasteiger partial charge in [-0.2, -0.15) is 0 Å². The van der Waals surface area contributed by atoms with E-state index in [2.05, 4.69) is 29.1 Å². The molecule has 9 nitrogen and oxygen atoms in total. The van der Waals surface area contributed by atoms with Gasteiger partial charge in [0.2, 0.25) is 11.8 Å². The summed E-state index contributed by atoms with van der Waals surface area (Å²) >= 11 is 10.3. The number of rotatable bonds is 13. The highest BCUT2D eigenvalue weighted by Crippen LogP contribution is 2.60. The lowest BCUT2D eigenvalue weighted by molar-refractivity contribution is -0.140. The molecular formula is C33H37BrClN3O6. The van der Waals surface area contributed by atoms with Crippen LogP contribution < -0.4 is 14.5 Å². The van der Waals surface area contributed by atoms with E-state index in [0.717, 1.165) is 0 Å². The molecule has 234 valence electrons. The van der Waals surface area contributed by atoms with Crippen LogP contribution in [-0.2, 0) is 19.1 Å². The molecule has 44 heavy (non-hydrogen) atoms. The lowest BCUT2D eigenvalue weighted by Crippen LogP contribution is -2.57. The van der Waals surface area contributed by atoms with Crippen LogP contribution in [0.1, 0.15) is 19.8 Å². The van der Waals surface area contributed by atoms with E-state index in [4.69, 9.17) is 21.1 Å². The molecule has 3 aliphatic heterocycles. The molecule has 6 atom stereocenters. The highest BCUT2D eigenvalue weighted by Gasteiger charge is 2.77. The van der Waals surface area contributed by atoms with Crippen molar-refractivity contribution in [3.8, 4) is 5.75 Å². The first-order valence-electron chi connectivity index (χ1n) is 14.8. The zero-order chi connectivity index (χ0) is 31.6. The minimum Gasteiger partial charge on any atom is -0.494 e. The molecule has 3 unspecified atom stereocenters. The van der Waals surface area contributed by atoms with Gasteiger partial charge >= 0.3 is 0 Å². The Labute approximate surface area is 271 Å². The number of anilines is 2.